The maximum atomic E-state index is 10.6. The Morgan fingerprint density at radius 2 is 1.53 bits per heavy atom. The first-order valence-electron chi connectivity index (χ1n) is 10.1. The number of benzene rings is 3. The lowest BCUT2D eigenvalue weighted by molar-refractivity contribution is 0.00257. The molecule has 156 valence electrons. The van der Waals surface area contributed by atoms with E-state index in [2.05, 4.69) is 12.7 Å². The summed E-state index contributed by atoms with van der Waals surface area (Å²) in [6.45, 7) is 3.26. The Bertz CT molecular complexity index is 1010. The number of aliphatic hydroxyl groups is 3. The molecule has 4 N–H and O–H groups in total. The first kappa shape index (κ1) is 21.8. The van der Waals surface area contributed by atoms with Gasteiger partial charge in [0.05, 0.1) is 18.8 Å². The fourth-order valence-corrected chi connectivity index (χ4v) is 3.76. The Labute approximate surface area is 177 Å². The van der Waals surface area contributed by atoms with Crippen LogP contribution in [0.15, 0.2) is 79.4 Å². The van der Waals surface area contributed by atoms with Crippen molar-refractivity contribution in [2.45, 2.75) is 25.0 Å². The molecule has 0 aromatic heterocycles. The van der Waals surface area contributed by atoms with Gasteiger partial charge in [-0.05, 0) is 41.0 Å². The van der Waals surface area contributed by atoms with Gasteiger partial charge in [-0.25, -0.2) is 0 Å². The monoisotopic (exact) mass is 404 g/mol. The second-order valence-corrected chi connectivity index (χ2v) is 7.42. The van der Waals surface area contributed by atoms with E-state index < -0.39 is 24.7 Å². The largest absolute Gasteiger partial charge is 0.507 e. The van der Waals surface area contributed by atoms with E-state index in [1.807, 2.05) is 60.7 Å². The zero-order valence-corrected chi connectivity index (χ0v) is 16.9. The van der Waals surface area contributed by atoms with E-state index in [-0.39, 0.29) is 5.75 Å². The molecular weight excluding hydrogens is 376 g/mol. The molecule has 0 saturated carbocycles. The molecule has 0 aliphatic heterocycles. The van der Waals surface area contributed by atoms with E-state index in [0.29, 0.717) is 12.8 Å². The topological polar surface area (TPSA) is 80.9 Å². The van der Waals surface area contributed by atoms with Crippen LogP contribution in [0.1, 0.15) is 24.0 Å². The van der Waals surface area contributed by atoms with Gasteiger partial charge >= 0.3 is 0 Å². The normalized spacial score (nSPS) is 15.0. The molecule has 0 saturated heterocycles. The quantitative estimate of drug-likeness (QED) is 0.315. The minimum Gasteiger partial charge on any atom is -0.507 e. The molecule has 0 radical (unpaired) electrons. The van der Waals surface area contributed by atoms with Crippen molar-refractivity contribution in [3.63, 3.8) is 0 Å². The highest BCUT2D eigenvalue weighted by Gasteiger charge is 2.23. The third-order valence-corrected chi connectivity index (χ3v) is 5.47. The first-order valence-corrected chi connectivity index (χ1v) is 10.1. The van der Waals surface area contributed by atoms with E-state index in [9.17, 15) is 20.4 Å². The molecule has 4 nitrogen and oxygen atoms in total. The lowest BCUT2D eigenvalue weighted by Crippen LogP contribution is -2.32. The Kier molecular flexibility index (Phi) is 7.41. The van der Waals surface area contributed by atoms with Gasteiger partial charge in [0.2, 0.25) is 0 Å². The summed E-state index contributed by atoms with van der Waals surface area (Å²) in [7, 11) is 0. The Hall–Kier alpha value is -2.92. The van der Waals surface area contributed by atoms with Gasteiger partial charge in [0.25, 0.3) is 0 Å². The summed E-state index contributed by atoms with van der Waals surface area (Å²) in [6.07, 6.45) is 2.68. The van der Waals surface area contributed by atoms with E-state index in [4.69, 9.17) is 0 Å². The van der Waals surface area contributed by atoms with Crippen molar-refractivity contribution in [3.05, 3.63) is 90.5 Å². The molecule has 3 aromatic carbocycles. The average Bonchev–Trinajstić information content (AvgIpc) is 2.79. The van der Waals surface area contributed by atoms with Crippen LogP contribution in [0, 0.1) is 5.92 Å². The molecule has 4 heteroatoms. The number of aliphatic hydroxyl groups excluding tert-OH is 3. The van der Waals surface area contributed by atoms with E-state index in [1.165, 1.54) is 6.08 Å². The number of phenols is 1. The van der Waals surface area contributed by atoms with Crippen molar-refractivity contribution in [2.24, 2.45) is 5.92 Å². The second-order valence-electron chi connectivity index (χ2n) is 7.42. The van der Waals surface area contributed by atoms with Crippen molar-refractivity contribution in [2.75, 3.05) is 6.61 Å². The van der Waals surface area contributed by atoms with Gasteiger partial charge in [0.15, 0.2) is 0 Å². The third kappa shape index (κ3) is 4.97. The van der Waals surface area contributed by atoms with Crippen LogP contribution in [-0.2, 0) is 0 Å². The number of allylic oxidation sites excluding steroid dienone is 1. The van der Waals surface area contributed by atoms with Crippen LogP contribution < -0.4 is 0 Å². The minimum atomic E-state index is -1.04. The molecule has 0 spiro atoms. The van der Waals surface area contributed by atoms with Gasteiger partial charge in [0, 0.05) is 11.3 Å². The second kappa shape index (κ2) is 10.2. The first-order chi connectivity index (χ1) is 14.5. The molecule has 0 heterocycles. The molecule has 0 aliphatic carbocycles. The Morgan fingerprint density at radius 3 is 2.20 bits per heavy atom. The summed E-state index contributed by atoms with van der Waals surface area (Å²) in [5, 5.41) is 41.6. The van der Waals surface area contributed by atoms with Gasteiger partial charge < -0.3 is 20.4 Å². The zero-order valence-electron chi connectivity index (χ0n) is 16.9. The maximum absolute atomic E-state index is 10.6. The summed E-state index contributed by atoms with van der Waals surface area (Å²) < 4.78 is 0. The molecule has 0 aliphatic rings. The number of hydrogen-bond acceptors (Lipinski definition) is 4. The van der Waals surface area contributed by atoms with Crippen LogP contribution in [0.4, 0.5) is 0 Å². The van der Waals surface area contributed by atoms with Gasteiger partial charge in [-0.1, -0.05) is 72.8 Å². The summed E-state index contributed by atoms with van der Waals surface area (Å²) in [5.41, 5.74) is 3.05. The van der Waals surface area contributed by atoms with Crippen molar-refractivity contribution in [1.29, 1.82) is 0 Å². The number of rotatable bonds is 9. The fraction of sp³-hybridized carbons (Fsp3) is 0.231. The van der Waals surface area contributed by atoms with Crippen molar-refractivity contribution >= 4 is 22.4 Å². The fourth-order valence-electron chi connectivity index (χ4n) is 3.76. The number of fused-ring (bicyclic) bond motifs is 1. The highest BCUT2D eigenvalue weighted by atomic mass is 16.3. The predicted octanol–water partition coefficient (Wildman–Crippen LogP) is 4.38. The number of aromatic hydroxyl groups is 1. The Balaban J connectivity index is 1.95. The van der Waals surface area contributed by atoms with E-state index >= 15 is 0 Å². The molecule has 30 heavy (non-hydrogen) atoms. The van der Waals surface area contributed by atoms with Gasteiger partial charge in [0.1, 0.15) is 5.75 Å². The van der Waals surface area contributed by atoms with E-state index in [0.717, 1.165) is 27.5 Å². The van der Waals surface area contributed by atoms with Crippen LogP contribution in [0.5, 0.6) is 5.75 Å². The lowest BCUT2D eigenvalue weighted by atomic mass is 9.89. The van der Waals surface area contributed by atoms with Crippen LogP contribution in [0.25, 0.3) is 22.4 Å². The average molecular weight is 405 g/mol. The number of phenolic OH excluding ortho intramolecular Hbond substituents is 1. The zero-order chi connectivity index (χ0) is 21.5. The number of hydrogen-bond donors (Lipinski definition) is 4. The van der Waals surface area contributed by atoms with Crippen LogP contribution >= 0.6 is 0 Å². The molecule has 0 unspecified atom stereocenters. The standard InChI is InChI=1S/C26H28O4/c1-2-21(26(30)17-27)24(28)14-12-19(18-8-4-3-5-9-18)16-20-13-15-25(29)23-11-7-6-10-22(20)23/h2-11,13,15-16,21,24,26-30H,1,12,14,17H2/b19-16-/t21-,24-,26-/m1/s1. The molecule has 0 amide bonds. The minimum absolute atomic E-state index is 0.242. The summed E-state index contributed by atoms with van der Waals surface area (Å²) >= 11 is 0. The van der Waals surface area contributed by atoms with Crippen molar-refractivity contribution in [3.8, 4) is 5.75 Å². The highest BCUT2D eigenvalue weighted by Crippen LogP contribution is 2.32. The Morgan fingerprint density at radius 1 is 0.867 bits per heavy atom. The summed E-state index contributed by atoms with van der Waals surface area (Å²) in [6, 6.07) is 21.2. The predicted molar refractivity (Wildman–Crippen MR) is 122 cm³/mol. The van der Waals surface area contributed by atoms with Crippen molar-refractivity contribution < 1.29 is 20.4 Å². The molecule has 3 rings (SSSR count). The maximum Gasteiger partial charge on any atom is 0.123 e. The highest BCUT2D eigenvalue weighted by molar-refractivity contribution is 5.98. The summed E-state index contributed by atoms with van der Waals surface area (Å²) in [5.74, 6) is -0.354. The van der Waals surface area contributed by atoms with Gasteiger partial charge in [-0.15, -0.1) is 6.58 Å². The van der Waals surface area contributed by atoms with Gasteiger partial charge in [-0.3, -0.25) is 0 Å². The smallest absolute Gasteiger partial charge is 0.123 e. The third-order valence-electron chi connectivity index (χ3n) is 5.47. The van der Waals surface area contributed by atoms with Crippen molar-refractivity contribution in [1.82, 2.24) is 0 Å². The van der Waals surface area contributed by atoms with Crippen LogP contribution in [0.3, 0.4) is 0 Å². The van der Waals surface area contributed by atoms with Crippen LogP contribution in [-0.4, -0.2) is 39.2 Å². The molecule has 0 fully saturated rings. The molecule has 3 aromatic rings. The van der Waals surface area contributed by atoms with E-state index in [1.54, 1.807) is 6.07 Å². The lowest BCUT2D eigenvalue weighted by Gasteiger charge is -2.24. The van der Waals surface area contributed by atoms with Crippen LogP contribution in [0.2, 0.25) is 0 Å². The molecule has 3 atom stereocenters. The SMILES string of the molecule is C=C[C@@H]([C@H](O)CO)[C@H](O)CC/C(=C/c1ccc(O)c2ccccc12)c1ccccc1. The molecular formula is C26H28O4. The van der Waals surface area contributed by atoms with Gasteiger partial charge in [-0.2, -0.15) is 0 Å². The molecule has 0 bridgehead atoms. The summed E-state index contributed by atoms with van der Waals surface area (Å²) in [4.78, 5) is 0.